The molecule has 0 rings (SSSR count). The molecule has 0 spiro atoms. The normalized spacial score (nSPS) is 14.0. The summed E-state index contributed by atoms with van der Waals surface area (Å²) in [6.07, 6.45) is 2.46. The predicted octanol–water partition coefficient (Wildman–Crippen LogP) is 2.70. The SMILES string of the molecule is CCC[C@H](C(=O)NO)[C@@H](CC(C)C)C(=O)N[C@@H](CC(C)C)C(=S)NCCOCCOCCOC. The average molecular weight is 506 g/mol. The van der Waals surface area contributed by atoms with Crippen LogP contribution in [0.1, 0.15) is 60.3 Å². The Labute approximate surface area is 211 Å². The molecule has 3 atom stereocenters. The maximum absolute atomic E-state index is 13.3. The number of amides is 2. The summed E-state index contributed by atoms with van der Waals surface area (Å²) in [5.41, 5.74) is 1.74. The molecule has 0 aliphatic heterocycles. The largest absolute Gasteiger partial charge is 0.382 e. The Bertz CT molecular complexity index is 577. The van der Waals surface area contributed by atoms with Crippen LogP contribution in [0.15, 0.2) is 0 Å². The number of hydrogen-bond acceptors (Lipinski definition) is 7. The van der Waals surface area contributed by atoms with E-state index in [0.29, 0.717) is 69.7 Å². The quantitative estimate of drug-likeness (QED) is 0.0863. The molecule has 0 aliphatic carbocycles. The summed E-state index contributed by atoms with van der Waals surface area (Å²) in [7, 11) is 1.63. The van der Waals surface area contributed by atoms with E-state index in [-0.39, 0.29) is 17.9 Å². The zero-order valence-corrected chi connectivity index (χ0v) is 22.7. The van der Waals surface area contributed by atoms with Crippen molar-refractivity contribution in [3.8, 4) is 0 Å². The van der Waals surface area contributed by atoms with Gasteiger partial charge in [0.2, 0.25) is 11.8 Å². The molecule has 0 aromatic heterocycles. The van der Waals surface area contributed by atoms with Crippen molar-refractivity contribution in [2.45, 2.75) is 66.3 Å². The van der Waals surface area contributed by atoms with Crippen LogP contribution in [0.4, 0.5) is 0 Å². The molecule has 0 unspecified atom stereocenters. The monoisotopic (exact) mass is 505 g/mol. The van der Waals surface area contributed by atoms with Gasteiger partial charge in [0, 0.05) is 19.6 Å². The molecule has 0 fully saturated rings. The minimum Gasteiger partial charge on any atom is -0.382 e. The van der Waals surface area contributed by atoms with Crippen molar-refractivity contribution >= 4 is 29.0 Å². The Morgan fingerprint density at radius 1 is 0.882 bits per heavy atom. The standard InChI is InChI=1S/C24H47N3O6S/c1-7-8-19(23(29)27-30)20(15-17(2)3)22(28)26-21(16-18(4)5)24(34)25-9-10-32-13-14-33-12-11-31-6/h17-21,30H,7-16H2,1-6H3,(H,25,34)(H,26,28)(H,27,29)/t19-,20+,21-/m0/s1. The predicted molar refractivity (Wildman–Crippen MR) is 137 cm³/mol. The lowest BCUT2D eigenvalue weighted by Gasteiger charge is -2.29. The lowest BCUT2D eigenvalue weighted by atomic mass is 9.81. The van der Waals surface area contributed by atoms with E-state index in [2.05, 4.69) is 24.5 Å². The molecule has 0 heterocycles. The van der Waals surface area contributed by atoms with Crippen LogP contribution in [0, 0.1) is 23.7 Å². The van der Waals surface area contributed by atoms with Crippen molar-refractivity contribution in [2.24, 2.45) is 23.7 Å². The van der Waals surface area contributed by atoms with E-state index in [4.69, 9.17) is 26.4 Å². The van der Waals surface area contributed by atoms with Crippen molar-refractivity contribution in [3.63, 3.8) is 0 Å². The zero-order chi connectivity index (χ0) is 25.9. The highest BCUT2D eigenvalue weighted by Crippen LogP contribution is 2.26. The van der Waals surface area contributed by atoms with Gasteiger partial charge in [-0.1, -0.05) is 53.3 Å². The molecule has 10 heteroatoms. The van der Waals surface area contributed by atoms with Gasteiger partial charge in [-0.3, -0.25) is 14.8 Å². The van der Waals surface area contributed by atoms with Crippen LogP contribution in [0.5, 0.6) is 0 Å². The zero-order valence-electron chi connectivity index (χ0n) is 21.9. The van der Waals surface area contributed by atoms with Crippen LogP contribution in [0.2, 0.25) is 0 Å². The molecular weight excluding hydrogens is 458 g/mol. The molecule has 0 aromatic rings. The van der Waals surface area contributed by atoms with Crippen LogP contribution in [0.25, 0.3) is 0 Å². The molecule has 0 bridgehead atoms. The molecule has 9 nitrogen and oxygen atoms in total. The van der Waals surface area contributed by atoms with Crippen LogP contribution >= 0.6 is 12.2 Å². The van der Waals surface area contributed by atoms with Crippen molar-refractivity contribution in [2.75, 3.05) is 46.7 Å². The van der Waals surface area contributed by atoms with Gasteiger partial charge < -0.3 is 24.8 Å². The first-order valence-electron chi connectivity index (χ1n) is 12.3. The number of carbonyl (C=O) groups is 2. The van der Waals surface area contributed by atoms with Gasteiger partial charge in [-0.15, -0.1) is 0 Å². The highest BCUT2D eigenvalue weighted by atomic mass is 32.1. The van der Waals surface area contributed by atoms with Crippen molar-refractivity contribution in [1.29, 1.82) is 0 Å². The van der Waals surface area contributed by atoms with E-state index >= 15 is 0 Å². The van der Waals surface area contributed by atoms with E-state index < -0.39 is 17.7 Å². The Hall–Kier alpha value is -1.33. The summed E-state index contributed by atoms with van der Waals surface area (Å²) < 4.78 is 15.8. The molecule has 0 radical (unpaired) electrons. The second-order valence-electron chi connectivity index (χ2n) is 9.31. The van der Waals surface area contributed by atoms with Crippen LogP contribution in [0.3, 0.4) is 0 Å². The molecule has 4 N–H and O–H groups in total. The number of hydrogen-bond donors (Lipinski definition) is 4. The molecular formula is C24H47N3O6S. The maximum Gasteiger partial charge on any atom is 0.247 e. The first kappa shape index (κ1) is 32.7. The van der Waals surface area contributed by atoms with Crippen LogP contribution in [-0.2, 0) is 23.8 Å². The number of thiocarbonyl (C=S) groups is 1. The molecule has 34 heavy (non-hydrogen) atoms. The third-order valence-corrected chi connectivity index (χ3v) is 5.71. The Balaban J connectivity index is 4.97. The van der Waals surface area contributed by atoms with E-state index in [1.54, 1.807) is 12.6 Å². The minimum atomic E-state index is -0.599. The second kappa shape index (κ2) is 19.9. The first-order chi connectivity index (χ1) is 16.2. The Morgan fingerprint density at radius 3 is 2.00 bits per heavy atom. The number of rotatable bonds is 20. The van der Waals surface area contributed by atoms with Crippen molar-refractivity contribution < 1.29 is 29.0 Å². The first-order valence-corrected chi connectivity index (χ1v) is 12.7. The molecule has 0 aromatic carbocycles. The number of methoxy groups -OCH3 is 1. The minimum absolute atomic E-state index is 0.213. The van der Waals surface area contributed by atoms with E-state index in [1.807, 2.05) is 20.8 Å². The van der Waals surface area contributed by atoms with Crippen molar-refractivity contribution in [1.82, 2.24) is 16.1 Å². The molecule has 0 saturated heterocycles. The third kappa shape index (κ3) is 14.8. The smallest absolute Gasteiger partial charge is 0.247 e. The topological polar surface area (TPSA) is 118 Å². The Kier molecular flexibility index (Phi) is 19.1. The van der Waals surface area contributed by atoms with E-state index in [9.17, 15) is 14.8 Å². The van der Waals surface area contributed by atoms with E-state index in [0.717, 1.165) is 6.42 Å². The lowest BCUT2D eigenvalue weighted by Crippen LogP contribution is -2.51. The summed E-state index contributed by atoms with van der Waals surface area (Å²) in [5.74, 6) is -1.36. The third-order valence-electron chi connectivity index (χ3n) is 5.28. The number of ether oxygens (including phenoxy) is 3. The summed E-state index contributed by atoms with van der Waals surface area (Å²) >= 11 is 5.59. The number of carbonyl (C=O) groups excluding carboxylic acids is 2. The van der Waals surface area contributed by atoms with Gasteiger partial charge in [0.1, 0.15) is 0 Å². The number of hydroxylamine groups is 1. The number of nitrogens with one attached hydrogen (secondary N) is 3. The summed E-state index contributed by atoms with van der Waals surface area (Å²) in [6.45, 7) is 13.2. The lowest BCUT2D eigenvalue weighted by molar-refractivity contribution is -0.141. The molecule has 0 saturated carbocycles. The molecule has 200 valence electrons. The highest BCUT2D eigenvalue weighted by molar-refractivity contribution is 7.80. The average Bonchev–Trinajstić information content (AvgIpc) is 2.78. The summed E-state index contributed by atoms with van der Waals surface area (Å²) in [6, 6.07) is -0.353. The van der Waals surface area contributed by atoms with Gasteiger partial charge in [-0.2, -0.15) is 0 Å². The fourth-order valence-electron chi connectivity index (χ4n) is 3.69. The van der Waals surface area contributed by atoms with Gasteiger partial charge in [0.05, 0.1) is 50.0 Å². The molecule has 2 amide bonds. The van der Waals surface area contributed by atoms with Crippen LogP contribution < -0.4 is 16.1 Å². The fourth-order valence-corrected chi connectivity index (χ4v) is 3.94. The van der Waals surface area contributed by atoms with Gasteiger partial charge >= 0.3 is 0 Å². The maximum atomic E-state index is 13.3. The van der Waals surface area contributed by atoms with E-state index in [1.165, 1.54) is 0 Å². The van der Waals surface area contributed by atoms with Gasteiger partial charge in [0.25, 0.3) is 0 Å². The van der Waals surface area contributed by atoms with Gasteiger partial charge in [0.15, 0.2) is 0 Å². The summed E-state index contributed by atoms with van der Waals surface area (Å²) in [5, 5.41) is 15.5. The second-order valence-corrected chi connectivity index (χ2v) is 9.75. The van der Waals surface area contributed by atoms with Crippen LogP contribution in [-0.4, -0.2) is 74.7 Å². The molecule has 0 aliphatic rings. The van der Waals surface area contributed by atoms with Gasteiger partial charge in [-0.05, 0) is 31.1 Å². The van der Waals surface area contributed by atoms with Gasteiger partial charge in [-0.25, -0.2) is 5.48 Å². The highest BCUT2D eigenvalue weighted by Gasteiger charge is 2.35. The van der Waals surface area contributed by atoms with Crippen molar-refractivity contribution in [3.05, 3.63) is 0 Å². The fraction of sp³-hybridized carbons (Fsp3) is 0.875. The Morgan fingerprint density at radius 2 is 1.47 bits per heavy atom. The summed E-state index contributed by atoms with van der Waals surface area (Å²) in [4.78, 5) is 26.2.